The van der Waals surface area contributed by atoms with E-state index < -0.39 is 0 Å². The molecule has 0 saturated heterocycles. The maximum Gasteiger partial charge on any atom is 0.0519 e. The highest BCUT2D eigenvalue weighted by Crippen LogP contribution is 2.24. The minimum absolute atomic E-state index is 0.0410. The van der Waals surface area contributed by atoms with Crippen molar-refractivity contribution in [3.05, 3.63) is 23.8 Å². The summed E-state index contributed by atoms with van der Waals surface area (Å²) in [5.41, 5.74) is 1.31. The highest BCUT2D eigenvalue weighted by atomic mass is 16.3. The van der Waals surface area contributed by atoms with E-state index in [2.05, 4.69) is 32.9 Å². The van der Waals surface area contributed by atoms with Crippen LogP contribution < -0.4 is 0 Å². The fourth-order valence-electron chi connectivity index (χ4n) is 1.31. The van der Waals surface area contributed by atoms with Crippen LogP contribution in [-0.2, 0) is 0 Å². The molecule has 1 heteroatoms. The van der Waals surface area contributed by atoms with E-state index in [0.29, 0.717) is 0 Å². The minimum atomic E-state index is -0.0410. The molecule has 0 unspecified atom stereocenters. The molecule has 0 aromatic carbocycles. The molecule has 0 bridgehead atoms. The fraction of sp³-hybridized carbons (Fsp3) is 0.667. The third kappa shape index (κ3) is 5.64. The molecule has 13 heavy (non-hydrogen) atoms. The summed E-state index contributed by atoms with van der Waals surface area (Å²) < 4.78 is 0. The van der Waals surface area contributed by atoms with E-state index in [0.717, 1.165) is 12.8 Å². The van der Waals surface area contributed by atoms with Crippen LogP contribution in [0.3, 0.4) is 0 Å². The smallest absolute Gasteiger partial charge is 0.0519 e. The SMILES string of the molecule is C/C=C/[C@](C)(CO)CCC=C(C)C. The third-order valence-electron chi connectivity index (χ3n) is 2.20. The largest absolute Gasteiger partial charge is 0.395 e. The molecular formula is C12H22O. The molecule has 0 aliphatic carbocycles. The van der Waals surface area contributed by atoms with Gasteiger partial charge in [-0.05, 0) is 33.6 Å². The number of hydrogen-bond acceptors (Lipinski definition) is 1. The van der Waals surface area contributed by atoms with Gasteiger partial charge in [0.2, 0.25) is 0 Å². The van der Waals surface area contributed by atoms with Gasteiger partial charge in [-0.25, -0.2) is 0 Å². The summed E-state index contributed by atoms with van der Waals surface area (Å²) in [7, 11) is 0. The zero-order valence-electron chi connectivity index (χ0n) is 9.30. The molecule has 0 spiro atoms. The van der Waals surface area contributed by atoms with E-state index in [9.17, 15) is 5.11 Å². The Bertz CT molecular complexity index is 187. The van der Waals surface area contributed by atoms with Crippen LogP contribution in [0.1, 0.15) is 40.5 Å². The minimum Gasteiger partial charge on any atom is -0.395 e. The van der Waals surface area contributed by atoms with Crippen LogP contribution in [0.15, 0.2) is 23.8 Å². The Hall–Kier alpha value is -0.560. The van der Waals surface area contributed by atoms with Crippen molar-refractivity contribution in [3.8, 4) is 0 Å². The molecule has 1 atom stereocenters. The zero-order chi connectivity index (χ0) is 10.3. The number of rotatable bonds is 5. The standard InChI is InChI=1S/C12H22O/c1-5-8-12(4,10-13)9-6-7-11(2)3/h5,7-8,13H,6,9-10H2,1-4H3/b8-5+/t12-/m0/s1. The van der Waals surface area contributed by atoms with Gasteiger partial charge in [0.25, 0.3) is 0 Å². The van der Waals surface area contributed by atoms with Gasteiger partial charge in [0.05, 0.1) is 6.61 Å². The molecule has 0 aliphatic heterocycles. The van der Waals surface area contributed by atoms with Crippen molar-refractivity contribution >= 4 is 0 Å². The second-order valence-electron chi connectivity index (χ2n) is 4.13. The second-order valence-corrected chi connectivity index (χ2v) is 4.13. The normalized spacial score (nSPS) is 15.8. The third-order valence-corrected chi connectivity index (χ3v) is 2.20. The van der Waals surface area contributed by atoms with Crippen LogP contribution >= 0.6 is 0 Å². The molecule has 0 aliphatic rings. The molecule has 0 aromatic heterocycles. The topological polar surface area (TPSA) is 20.2 Å². The first-order valence-corrected chi connectivity index (χ1v) is 4.92. The predicted octanol–water partition coefficient (Wildman–Crippen LogP) is 3.31. The van der Waals surface area contributed by atoms with Crippen LogP contribution in [0.2, 0.25) is 0 Å². The van der Waals surface area contributed by atoms with Crippen molar-refractivity contribution in [2.45, 2.75) is 40.5 Å². The maximum absolute atomic E-state index is 9.21. The van der Waals surface area contributed by atoms with Gasteiger partial charge in [-0.3, -0.25) is 0 Å². The molecule has 0 heterocycles. The van der Waals surface area contributed by atoms with Gasteiger partial charge in [0.15, 0.2) is 0 Å². The highest BCUT2D eigenvalue weighted by Gasteiger charge is 2.17. The lowest BCUT2D eigenvalue weighted by Crippen LogP contribution is -2.17. The molecular weight excluding hydrogens is 160 g/mol. The summed E-state index contributed by atoms with van der Waals surface area (Å²) in [6, 6.07) is 0. The lowest BCUT2D eigenvalue weighted by atomic mass is 9.86. The van der Waals surface area contributed by atoms with Crippen LogP contribution in [0.25, 0.3) is 0 Å². The van der Waals surface area contributed by atoms with Crippen molar-refractivity contribution in [3.63, 3.8) is 0 Å². The van der Waals surface area contributed by atoms with E-state index in [-0.39, 0.29) is 12.0 Å². The molecule has 0 rings (SSSR count). The van der Waals surface area contributed by atoms with Gasteiger partial charge in [-0.2, -0.15) is 0 Å². The van der Waals surface area contributed by atoms with Gasteiger partial charge in [0.1, 0.15) is 0 Å². The Kier molecular flexibility index (Phi) is 5.72. The molecule has 0 saturated carbocycles. The Balaban J connectivity index is 4.05. The summed E-state index contributed by atoms with van der Waals surface area (Å²) in [5.74, 6) is 0. The van der Waals surface area contributed by atoms with Crippen molar-refractivity contribution in [1.29, 1.82) is 0 Å². The Labute approximate surface area is 82.2 Å². The summed E-state index contributed by atoms with van der Waals surface area (Å²) in [6.45, 7) is 8.52. The highest BCUT2D eigenvalue weighted by molar-refractivity contribution is 4.99. The number of hydrogen-bond donors (Lipinski definition) is 1. The fourth-order valence-corrected chi connectivity index (χ4v) is 1.31. The maximum atomic E-state index is 9.21. The Morgan fingerprint density at radius 3 is 2.38 bits per heavy atom. The molecule has 1 nitrogen and oxygen atoms in total. The second kappa shape index (κ2) is 5.98. The van der Waals surface area contributed by atoms with Crippen molar-refractivity contribution in [2.24, 2.45) is 5.41 Å². The van der Waals surface area contributed by atoms with Crippen molar-refractivity contribution < 1.29 is 5.11 Å². The molecule has 76 valence electrons. The van der Waals surface area contributed by atoms with E-state index in [1.165, 1.54) is 5.57 Å². The van der Waals surface area contributed by atoms with E-state index in [1.54, 1.807) is 0 Å². The van der Waals surface area contributed by atoms with E-state index in [1.807, 2.05) is 13.0 Å². The average Bonchev–Trinajstić information content (AvgIpc) is 2.04. The van der Waals surface area contributed by atoms with Crippen LogP contribution in [0, 0.1) is 5.41 Å². The van der Waals surface area contributed by atoms with Crippen LogP contribution in [0.4, 0.5) is 0 Å². The predicted molar refractivity (Wildman–Crippen MR) is 58.7 cm³/mol. The summed E-state index contributed by atoms with van der Waals surface area (Å²) >= 11 is 0. The van der Waals surface area contributed by atoms with Gasteiger partial charge in [0, 0.05) is 5.41 Å². The Morgan fingerprint density at radius 1 is 1.38 bits per heavy atom. The molecule has 0 radical (unpaired) electrons. The lowest BCUT2D eigenvalue weighted by molar-refractivity contribution is 0.176. The first kappa shape index (κ1) is 12.4. The van der Waals surface area contributed by atoms with Gasteiger partial charge < -0.3 is 5.11 Å². The summed E-state index contributed by atoms with van der Waals surface area (Å²) in [5, 5.41) is 9.21. The number of aliphatic hydroxyl groups excluding tert-OH is 1. The van der Waals surface area contributed by atoms with Gasteiger partial charge in [-0.15, -0.1) is 0 Å². The summed E-state index contributed by atoms with van der Waals surface area (Å²) in [6.07, 6.45) is 8.38. The number of allylic oxidation sites excluding steroid dienone is 3. The van der Waals surface area contributed by atoms with Gasteiger partial charge >= 0.3 is 0 Å². The van der Waals surface area contributed by atoms with Crippen molar-refractivity contribution in [1.82, 2.24) is 0 Å². The van der Waals surface area contributed by atoms with Crippen LogP contribution in [-0.4, -0.2) is 11.7 Å². The monoisotopic (exact) mass is 182 g/mol. The first-order valence-electron chi connectivity index (χ1n) is 4.92. The Morgan fingerprint density at radius 2 is 2.00 bits per heavy atom. The molecule has 0 aromatic rings. The van der Waals surface area contributed by atoms with Crippen LogP contribution in [0.5, 0.6) is 0 Å². The zero-order valence-corrected chi connectivity index (χ0v) is 9.30. The molecule has 0 fully saturated rings. The van der Waals surface area contributed by atoms with Gasteiger partial charge in [-0.1, -0.05) is 30.7 Å². The number of aliphatic hydroxyl groups is 1. The quantitative estimate of drug-likeness (QED) is 0.647. The summed E-state index contributed by atoms with van der Waals surface area (Å²) in [4.78, 5) is 0. The van der Waals surface area contributed by atoms with Crippen molar-refractivity contribution in [2.75, 3.05) is 6.61 Å². The average molecular weight is 182 g/mol. The lowest BCUT2D eigenvalue weighted by Gasteiger charge is -2.22. The molecule has 0 amide bonds. The van der Waals surface area contributed by atoms with E-state index in [4.69, 9.17) is 0 Å². The molecule has 1 N–H and O–H groups in total. The first-order chi connectivity index (χ1) is 6.04. The van der Waals surface area contributed by atoms with E-state index >= 15 is 0 Å².